The highest BCUT2D eigenvalue weighted by atomic mass is 16.5. The Morgan fingerprint density at radius 3 is 2.81 bits per heavy atom. The molecule has 0 saturated carbocycles. The third kappa shape index (κ3) is 4.81. The SMILES string of the molecule is COc1ccc(NC(=O)C2CC(=O)N(CCC3=CCCCC3)C2)c(OC)c1. The third-order valence-corrected chi connectivity index (χ3v) is 5.34. The Balaban J connectivity index is 1.56. The van der Waals surface area contributed by atoms with Gasteiger partial charge in [0.1, 0.15) is 11.5 Å². The number of carbonyl (C=O) groups is 2. The molecule has 2 aliphatic rings. The van der Waals surface area contributed by atoms with Crippen LogP contribution in [0.4, 0.5) is 5.69 Å². The van der Waals surface area contributed by atoms with Crippen LogP contribution < -0.4 is 14.8 Å². The van der Waals surface area contributed by atoms with E-state index in [1.165, 1.54) is 18.4 Å². The minimum absolute atomic E-state index is 0.0632. The highest BCUT2D eigenvalue weighted by Gasteiger charge is 2.34. The molecule has 0 spiro atoms. The number of amides is 2. The van der Waals surface area contributed by atoms with Crippen LogP contribution in [-0.4, -0.2) is 44.0 Å². The molecular weight excluding hydrogens is 344 g/mol. The summed E-state index contributed by atoms with van der Waals surface area (Å²) < 4.78 is 10.5. The number of nitrogens with zero attached hydrogens (tertiary/aromatic N) is 1. The van der Waals surface area contributed by atoms with Crippen molar-refractivity contribution in [2.75, 3.05) is 32.6 Å². The number of hydrogen-bond acceptors (Lipinski definition) is 4. The summed E-state index contributed by atoms with van der Waals surface area (Å²) in [5.74, 6) is 0.779. The van der Waals surface area contributed by atoms with Gasteiger partial charge in [-0.15, -0.1) is 0 Å². The summed E-state index contributed by atoms with van der Waals surface area (Å²) in [4.78, 5) is 26.8. The molecule has 1 heterocycles. The number of anilines is 1. The van der Waals surface area contributed by atoms with E-state index in [1.807, 2.05) is 4.90 Å². The largest absolute Gasteiger partial charge is 0.497 e. The first-order chi connectivity index (χ1) is 13.1. The second-order valence-electron chi connectivity index (χ2n) is 7.15. The zero-order chi connectivity index (χ0) is 19.2. The lowest BCUT2D eigenvalue weighted by molar-refractivity contribution is -0.128. The van der Waals surface area contributed by atoms with Crippen molar-refractivity contribution in [3.63, 3.8) is 0 Å². The Labute approximate surface area is 160 Å². The standard InChI is InChI=1S/C21H28N2O4/c1-26-17-8-9-18(19(13-17)27-2)22-21(25)16-12-20(24)23(14-16)11-10-15-6-4-3-5-7-15/h6,8-9,13,16H,3-5,7,10-12,14H2,1-2H3,(H,22,25). The summed E-state index contributed by atoms with van der Waals surface area (Å²) >= 11 is 0. The molecule has 146 valence electrons. The highest BCUT2D eigenvalue weighted by molar-refractivity contribution is 5.98. The Morgan fingerprint density at radius 2 is 2.11 bits per heavy atom. The number of ether oxygens (including phenoxy) is 2. The van der Waals surface area contributed by atoms with Gasteiger partial charge in [-0.05, 0) is 44.2 Å². The molecule has 3 rings (SSSR count). The first-order valence-corrected chi connectivity index (χ1v) is 9.59. The van der Waals surface area contributed by atoms with Crippen LogP contribution in [0.15, 0.2) is 29.8 Å². The second kappa shape index (κ2) is 8.93. The fraction of sp³-hybridized carbons (Fsp3) is 0.524. The van der Waals surface area contributed by atoms with Gasteiger partial charge in [0.25, 0.3) is 0 Å². The van der Waals surface area contributed by atoms with Crippen molar-refractivity contribution < 1.29 is 19.1 Å². The second-order valence-corrected chi connectivity index (χ2v) is 7.15. The molecule has 2 amide bonds. The van der Waals surface area contributed by atoms with Crippen molar-refractivity contribution in [3.05, 3.63) is 29.8 Å². The Kier molecular flexibility index (Phi) is 6.37. The van der Waals surface area contributed by atoms with Crippen molar-refractivity contribution in [2.45, 2.75) is 38.5 Å². The number of benzene rings is 1. The number of likely N-dealkylation sites (tertiary alicyclic amines) is 1. The van der Waals surface area contributed by atoms with Gasteiger partial charge >= 0.3 is 0 Å². The predicted molar refractivity (Wildman–Crippen MR) is 104 cm³/mol. The van der Waals surface area contributed by atoms with Crippen LogP contribution >= 0.6 is 0 Å². The van der Waals surface area contributed by atoms with Crippen LogP contribution in [0.25, 0.3) is 0 Å². The molecular formula is C21H28N2O4. The average molecular weight is 372 g/mol. The molecule has 1 aromatic rings. The zero-order valence-corrected chi connectivity index (χ0v) is 16.1. The van der Waals surface area contributed by atoms with Gasteiger partial charge in [-0.1, -0.05) is 11.6 Å². The number of nitrogens with one attached hydrogen (secondary N) is 1. The predicted octanol–water partition coefficient (Wildman–Crippen LogP) is 3.38. The molecule has 27 heavy (non-hydrogen) atoms. The van der Waals surface area contributed by atoms with Gasteiger partial charge in [0.2, 0.25) is 11.8 Å². The van der Waals surface area contributed by atoms with E-state index in [4.69, 9.17) is 9.47 Å². The van der Waals surface area contributed by atoms with Gasteiger partial charge < -0.3 is 19.7 Å². The maximum Gasteiger partial charge on any atom is 0.229 e. The molecule has 1 saturated heterocycles. The van der Waals surface area contributed by atoms with Crippen molar-refractivity contribution in [2.24, 2.45) is 5.92 Å². The summed E-state index contributed by atoms with van der Waals surface area (Å²) in [7, 11) is 3.13. The van der Waals surface area contributed by atoms with Gasteiger partial charge in [-0.25, -0.2) is 0 Å². The van der Waals surface area contributed by atoms with E-state index >= 15 is 0 Å². The molecule has 1 aromatic carbocycles. The zero-order valence-electron chi connectivity index (χ0n) is 16.1. The van der Waals surface area contributed by atoms with Gasteiger partial charge in [-0.3, -0.25) is 9.59 Å². The minimum atomic E-state index is -0.329. The Bertz CT molecular complexity index is 729. The Hall–Kier alpha value is -2.50. The maximum absolute atomic E-state index is 12.6. The molecule has 0 radical (unpaired) electrons. The van der Waals surface area contributed by atoms with E-state index < -0.39 is 0 Å². The van der Waals surface area contributed by atoms with Crippen LogP contribution in [-0.2, 0) is 9.59 Å². The number of allylic oxidation sites excluding steroid dienone is 1. The van der Waals surface area contributed by atoms with E-state index in [0.29, 0.717) is 30.3 Å². The first kappa shape index (κ1) is 19.3. The monoisotopic (exact) mass is 372 g/mol. The number of carbonyl (C=O) groups excluding carboxylic acids is 2. The van der Waals surface area contributed by atoms with E-state index in [9.17, 15) is 9.59 Å². The molecule has 0 aromatic heterocycles. The summed E-state index contributed by atoms with van der Waals surface area (Å²) in [5, 5.41) is 2.89. The average Bonchev–Trinajstić information content (AvgIpc) is 3.08. The molecule has 1 N–H and O–H groups in total. The summed E-state index contributed by atoms with van der Waals surface area (Å²) in [5.41, 5.74) is 2.03. The number of hydrogen-bond donors (Lipinski definition) is 1. The first-order valence-electron chi connectivity index (χ1n) is 9.59. The third-order valence-electron chi connectivity index (χ3n) is 5.34. The normalized spacial score (nSPS) is 19.6. The fourth-order valence-electron chi connectivity index (χ4n) is 3.71. The topological polar surface area (TPSA) is 67.9 Å². The molecule has 1 aliphatic heterocycles. The van der Waals surface area contributed by atoms with Crippen LogP contribution in [0.1, 0.15) is 38.5 Å². The molecule has 1 aliphatic carbocycles. The smallest absolute Gasteiger partial charge is 0.229 e. The van der Waals surface area contributed by atoms with E-state index in [0.717, 1.165) is 19.3 Å². The Morgan fingerprint density at radius 1 is 1.26 bits per heavy atom. The van der Waals surface area contributed by atoms with Gasteiger partial charge in [0.15, 0.2) is 0 Å². The van der Waals surface area contributed by atoms with Crippen LogP contribution in [0, 0.1) is 5.92 Å². The molecule has 1 atom stereocenters. The van der Waals surface area contributed by atoms with Crippen molar-refractivity contribution >= 4 is 17.5 Å². The fourth-order valence-corrected chi connectivity index (χ4v) is 3.71. The van der Waals surface area contributed by atoms with Gasteiger partial charge in [-0.2, -0.15) is 0 Å². The van der Waals surface area contributed by atoms with Crippen LogP contribution in [0.5, 0.6) is 11.5 Å². The van der Waals surface area contributed by atoms with Crippen molar-refractivity contribution in [1.82, 2.24) is 4.90 Å². The summed E-state index contributed by atoms with van der Waals surface area (Å²) in [6, 6.07) is 5.24. The maximum atomic E-state index is 12.6. The van der Waals surface area contributed by atoms with E-state index in [2.05, 4.69) is 11.4 Å². The summed E-state index contributed by atoms with van der Waals surface area (Å²) in [6.45, 7) is 1.19. The minimum Gasteiger partial charge on any atom is -0.497 e. The molecule has 1 fully saturated rings. The number of rotatable bonds is 7. The molecule has 6 heteroatoms. The molecule has 0 bridgehead atoms. The van der Waals surface area contributed by atoms with Crippen LogP contribution in [0.2, 0.25) is 0 Å². The summed E-state index contributed by atoms with van der Waals surface area (Å²) in [6.07, 6.45) is 8.30. The van der Waals surface area contributed by atoms with E-state index in [1.54, 1.807) is 32.4 Å². The molecule has 1 unspecified atom stereocenters. The van der Waals surface area contributed by atoms with E-state index in [-0.39, 0.29) is 24.2 Å². The van der Waals surface area contributed by atoms with Crippen molar-refractivity contribution in [1.29, 1.82) is 0 Å². The number of methoxy groups -OCH3 is 2. The lowest BCUT2D eigenvalue weighted by atomic mass is 9.97. The lowest BCUT2D eigenvalue weighted by Crippen LogP contribution is -2.29. The van der Waals surface area contributed by atoms with Crippen molar-refractivity contribution in [3.8, 4) is 11.5 Å². The van der Waals surface area contributed by atoms with Crippen LogP contribution in [0.3, 0.4) is 0 Å². The van der Waals surface area contributed by atoms with Gasteiger partial charge in [0, 0.05) is 25.6 Å². The lowest BCUT2D eigenvalue weighted by Gasteiger charge is -2.19. The molecule has 6 nitrogen and oxygen atoms in total. The highest BCUT2D eigenvalue weighted by Crippen LogP contribution is 2.30. The quantitative estimate of drug-likeness (QED) is 0.745. The van der Waals surface area contributed by atoms with Gasteiger partial charge in [0.05, 0.1) is 25.8 Å².